The lowest BCUT2D eigenvalue weighted by Crippen LogP contribution is -2.44. The predicted octanol–water partition coefficient (Wildman–Crippen LogP) is 1.40. The normalized spacial score (nSPS) is 20.8. The van der Waals surface area contributed by atoms with Crippen LogP contribution < -0.4 is 0 Å². The van der Waals surface area contributed by atoms with Crippen molar-refractivity contribution in [2.45, 2.75) is 37.9 Å². The molecule has 0 heterocycles. The van der Waals surface area contributed by atoms with Gasteiger partial charge in [0.1, 0.15) is 5.75 Å². The number of carboxylic acids is 1. The molecule has 1 unspecified atom stereocenters. The molecule has 4 heteroatoms. The minimum atomic E-state index is -1.24. The summed E-state index contributed by atoms with van der Waals surface area (Å²) in [4.78, 5) is 10.8. The van der Waals surface area contributed by atoms with Gasteiger partial charge in [0.15, 0.2) is 0 Å². The molecule has 0 aromatic heterocycles. The molecule has 0 spiro atoms. The summed E-state index contributed by atoms with van der Waals surface area (Å²) >= 11 is -1.24. The first kappa shape index (κ1) is 10.9. The molecule has 0 saturated heterocycles. The van der Waals surface area contributed by atoms with Crippen molar-refractivity contribution in [3.05, 3.63) is 0 Å². The highest BCUT2D eigenvalue weighted by molar-refractivity contribution is 7.93. The highest BCUT2D eigenvalue weighted by Crippen LogP contribution is 2.31. The number of rotatable bonds is 4. The minimum Gasteiger partial charge on any atom is -0.615 e. The Bertz CT molecular complexity index is 199. The maximum atomic E-state index is 11.6. The fourth-order valence-corrected chi connectivity index (χ4v) is 2.55. The highest BCUT2D eigenvalue weighted by atomic mass is 32.2. The van der Waals surface area contributed by atoms with Crippen molar-refractivity contribution in [3.63, 3.8) is 0 Å². The van der Waals surface area contributed by atoms with Crippen LogP contribution in [0.1, 0.15) is 33.1 Å². The maximum absolute atomic E-state index is 11.6. The molecule has 1 fully saturated rings. The van der Waals surface area contributed by atoms with Crippen molar-refractivity contribution in [2.75, 3.05) is 5.75 Å². The topological polar surface area (TPSA) is 60.4 Å². The van der Waals surface area contributed by atoms with Gasteiger partial charge < -0.3 is 9.66 Å². The SMILES string of the molecule is CC(C)(C(=O)O)[S+]([O-])CC1CCC1. The van der Waals surface area contributed by atoms with E-state index in [-0.39, 0.29) is 0 Å². The van der Waals surface area contributed by atoms with Crippen LogP contribution >= 0.6 is 0 Å². The Balaban J connectivity index is 2.44. The average molecular weight is 204 g/mol. The van der Waals surface area contributed by atoms with Gasteiger partial charge in [-0.3, -0.25) is 0 Å². The second-order valence-corrected chi connectivity index (χ2v) is 6.17. The summed E-state index contributed by atoms with van der Waals surface area (Å²) in [6.07, 6.45) is 3.43. The summed E-state index contributed by atoms with van der Waals surface area (Å²) < 4.78 is 10.6. The van der Waals surface area contributed by atoms with Crippen molar-refractivity contribution in [2.24, 2.45) is 5.92 Å². The summed E-state index contributed by atoms with van der Waals surface area (Å²) in [7, 11) is 0. The Morgan fingerprint density at radius 2 is 2.15 bits per heavy atom. The van der Waals surface area contributed by atoms with E-state index in [2.05, 4.69) is 0 Å². The van der Waals surface area contributed by atoms with Crippen LogP contribution in [0.15, 0.2) is 0 Å². The van der Waals surface area contributed by atoms with Gasteiger partial charge in [-0.15, -0.1) is 0 Å². The molecule has 0 aliphatic heterocycles. The van der Waals surface area contributed by atoms with Gasteiger partial charge in [-0.05, 0) is 37.9 Å². The van der Waals surface area contributed by atoms with Crippen LogP contribution in [0.3, 0.4) is 0 Å². The molecule has 1 aliphatic rings. The second kappa shape index (κ2) is 3.88. The van der Waals surface area contributed by atoms with Gasteiger partial charge in [0.2, 0.25) is 4.75 Å². The number of hydrogen-bond acceptors (Lipinski definition) is 2. The van der Waals surface area contributed by atoms with E-state index in [1.165, 1.54) is 20.3 Å². The summed E-state index contributed by atoms with van der Waals surface area (Å²) in [6.45, 7) is 3.06. The first-order valence-corrected chi connectivity index (χ1v) is 5.88. The van der Waals surface area contributed by atoms with Crippen molar-refractivity contribution in [1.82, 2.24) is 0 Å². The first-order chi connectivity index (χ1) is 5.94. The van der Waals surface area contributed by atoms with Crippen molar-refractivity contribution >= 4 is 17.1 Å². The molecular formula is C9H16O3S. The smallest absolute Gasteiger partial charge is 0.359 e. The summed E-state index contributed by atoms with van der Waals surface area (Å²) in [5.41, 5.74) is 0. The Kier molecular flexibility index (Phi) is 3.24. The van der Waals surface area contributed by atoms with Crippen molar-refractivity contribution in [1.29, 1.82) is 0 Å². The fraction of sp³-hybridized carbons (Fsp3) is 0.889. The van der Waals surface area contributed by atoms with Crippen LogP contribution in [0.4, 0.5) is 0 Å². The van der Waals surface area contributed by atoms with Crippen molar-refractivity contribution < 1.29 is 14.5 Å². The van der Waals surface area contributed by atoms with E-state index < -0.39 is 21.9 Å². The van der Waals surface area contributed by atoms with Gasteiger partial charge in [-0.2, -0.15) is 0 Å². The van der Waals surface area contributed by atoms with E-state index in [0.717, 1.165) is 12.8 Å². The largest absolute Gasteiger partial charge is 0.615 e. The van der Waals surface area contributed by atoms with E-state index in [9.17, 15) is 9.35 Å². The summed E-state index contributed by atoms with van der Waals surface area (Å²) in [5, 5.41) is 8.82. The van der Waals surface area contributed by atoms with Crippen LogP contribution in [-0.4, -0.2) is 26.1 Å². The summed E-state index contributed by atoms with van der Waals surface area (Å²) in [5.74, 6) is 0.0869. The first-order valence-electron chi connectivity index (χ1n) is 4.56. The van der Waals surface area contributed by atoms with Crippen LogP contribution in [-0.2, 0) is 16.0 Å². The molecule has 13 heavy (non-hydrogen) atoms. The lowest BCUT2D eigenvalue weighted by Gasteiger charge is -2.31. The molecule has 1 rings (SSSR count). The lowest BCUT2D eigenvalue weighted by molar-refractivity contribution is -0.139. The second-order valence-electron chi connectivity index (χ2n) is 4.12. The van der Waals surface area contributed by atoms with Gasteiger partial charge in [-0.25, -0.2) is 4.79 Å². The number of carbonyl (C=O) groups is 1. The monoisotopic (exact) mass is 204 g/mol. The van der Waals surface area contributed by atoms with E-state index in [1.54, 1.807) is 0 Å². The molecule has 76 valence electrons. The quantitative estimate of drug-likeness (QED) is 0.704. The molecular weight excluding hydrogens is 188 g/mol. The predicted molar refractivity (Wildman–Crippen MR) is 52.1 cm³/mol. The Morgan fingerprint density at radius 1 is 1.62 bits per heavy atom. The Hall–Kier alpha value is -0.220. The van der Waals surface area contributed by atoms with E-state index in [4.69, 9.17) is 5.11 Å². The third-order valence-corrected chi connectivity index (χ3v) is 4.78. The number of hydrogen-bond donors (Lipinski definition) is 1. The molecule has 3 nitrogen and oxygen atoms in total. The highest BCUT2D eigenvalue weighted by Gasteiger charge is 2.41. The van der Waals surface area contributed by atoms with Gasteiger partial charge in [0, 0.05) is 5.92 Å². The van der Waals surface area contributed by atoms with Crippen LogP contribution in [0.2, 0.25) is 0 Å². The molecule has 1 aliphatic carbocycles. The lowest BCUT2D eigenvalue weighted by atomic mass is 9.87. The van der Waals surface area contributed by atoms with E-state index in [0.29, 0.717) is 11.7 Å². The molecule has 0 aromatic carbocycles. The average Bonchev–Trinajstić information content (AvgIpc) is 1.95. The van der Waals surface area contributed by atoms with Gasteiger partial charge >= 0.3 is 5.97 Å². The van der Waals surface area contributed by atoms with Crippen molar-refractivity contribution in [3.8, 4) is 0 Å². The van der Waals surface area contributed by atoms with E-state index in [1.807, 2.05) is 0 Å². The van der Waals surface area contributed by atoms with Crippen LogP contribution in [0.25, 0.3) is 0 Å². The zero-order chi connectivity index (χ0) is 10.1. The maximum Gasteiger partial charge on any atom is 0.359 e. The molecule has 0 radical (unpaired) electrons. The zero-order valence-electron chi connectivity index (χ0n) is 8.08. The number of carboxylic acid groups (broad SMARTS) is 1. The molecule has 1 N–H and O–H groups in total. The minimum absolute atomic E-state index is 0.499. The fourth-order valence-electron chi connectivity index (χ4n) is 1.18. The van der Waals surface area contributed by atoms with E-state index >= 15 is 0 Å². The Morgan fingerprint density at radius 3 is 2.46 bits per heavy atom. The van der Waals surface area contributed by atoms with Crippen LogP contribution in [0.5, 0.6) is 0 Å². The van der Waals surface area contributed by atoms with Gasteiger partial charge in [0.25, 0.3) is 0 Å². The third kappa shape index (κ3) is 2.38. The third-order valence-electron chi connectivity index (χ3n) is 2.70. The molecule has 1 saturated carbocycles. The van der Waals surface area contributed by atoms with Gasteiger partial charge in [0.05, 0.1) is 0 Å². The molecule has 1 atom stereocenters. The number of aliphatic carboxylic acids is 1. The van der Waals surface area contributed by atoms with Crippen LogP contribution in [0, 0.1) is 5.92 Å². The molecule has 0 aromatic rings. The molecule has 0 bridgehead atoms. The summed E-state index contributed by atoms with van der Waals surface area (Å²) in [6, 6.07) is 0. The zero-order valence-corrected chi connectivity index (χ0v) is 8.89. The molecule has 0 amide bonds. The Labute approximate surface area is 81.7 Å². The van der Waals surface area contributed by atoms with Gasteiger partial charge in [-0.1, -0.05) is 6.42 Å². The standard InChI is InChI=1S/C9H16O3S/c1-9(2,8(10)11)13(12)6-7-4-3-5-7/h7H,3-6H2,1-2H3,(H,10,11).